The van der Waals surface area contributed by atoms with Gasteiger partial charge >= 0.3 is 0 Å². The van der Waals surface area contributed by atoms with Gasteiger partial charge < -0.3 is 14.8 Å². The van der Waals surface area contributed by atoms with E-state index in [4.69, 9.17) is 0 Å². The van der Waals surface area contributed by atoms with Gasteiger partial charge in [-0.25, -0.2) is 5.43 Å². The average molecular weight is 457 g/mol. The van der Waals surface area contributed by atoms with E-state index in [0.29, 0.717) is 12.8 Å². The first-order chi connectivity index (χ1) is 16.6. The van der Waals surface area contributed by atoms with Crippen molar-refractivity contribution in [1.29, 1.82) is 0 Å². The van der Waals surface area contributed by atoms with Crippen molar-refractivity contribution in [3.05, 3.63) is 77.1 Å². The van der Waals surface area contributed by atoms with E-state index in [1.54, 1.807) is 0 Å². The van der Waals surface area contributed by atoms with Crippen molar-refractivity contribution < 1.29 is 4.79 Å². The summed E-state index contributed by atoms with van der Waals surface area (Å²) < 4.78 is 0. The summed E-state index contributed by atoms with van der Waals surface area (Å²) in [6.07, 6.45) is 8.43. The van der Waals surface area contributed by atoms with Gasteiger partial charge in [0, 0.05) is 37.5 Å². The number of hydrogen-bond acceptors (Lipinski definition) is 6. The third-order valence-corrected chi connectivity index (χ3v) is 7.60. The zero-order chi connectivity index (χ0) is 23.2. The molecule has 0 spiro atoms. The van der Waals surface area contributed by atoms with Crippen molar-refractivity contribution in [2.45, 2.75) is 64.2 Å². The third-order valence-electron chi connectivity index (χ3n) is 7.60. The number of amidine groups is 1. The number of hydrogen-bond donors (Lipinski definition) is 2. The molecule has 7 nitrogen and oxygen atoms in total. The second-order valence-corrected chi connectivity index (χ2v) is 9.84. The molecule has 4 aliphatic heterocycles. The quantitative estimate of drug-likeness (QED) is 0.734. The molecule has 4 heterocycles. The molecule has 1 fully saturated rings. The molecule has 6 rings (SSSR count). The number of carbonyl (C=O) groups is 1. The number of amides is 1. The van der Waals surface area contributed by atoms with Crippen molar-refractivity contribution in [3.63, 3.8) is 0 Å². The maximum absolute atomic E-state index is 13.1. The normalized spacial score (nSPS) is 24.9. The summed E-state index contributed by atoms with van der Waals surface area (Å²) in [5.41, 5.74) is 13.3. The Morgan fingerprint density at radius 1 is 1.15 bits per heavy atom. The van der Waals surface area contributed by atoms with Crippen molar-refractivity contribution in [3.8, 4) is 0 Å². The number of nitrogens with one attached hydrogen (secondary N) is 2. The molecule has 2 aromatic carbocycles. The number of benzene rings is 2. The van der Waals surface area contributed by atoms with Crippen LogP contribution in [0, 0.1) is 13.8 Å². The van der Waals surface area contributed by atoms with Crippen molar-refractivity contribution >= 4 is 17.4 Å². The van der Waals surface area contributed by atoms with Crippen LogP contribution in [0.25, 0.3) is 0 Å². The number of hydrazone groups is 1. The van der Waals surface area contributed by atoms with Crippen LogP contribution in [0.3, 0.4) is 0 Å². The van der Waals surface area contributed by atoms with Gasteiger partial charge in [0.05, 0.1) is 12.1 Å². The molecule has 1 saturated heterocycles. The highest BCUT2D eigenvalue weighted by Gasteiger charge is 2.44. The molecule has 0 bridgehead atoms. The van der Waals surface area contributed by atoms with Gasteiger partial charge in [0.25, 0.3) is 0 Å². The van der Waals surface area contributed by atoms with E-state index in [0.717, 1.165) is 37.3 Å². The summed E-state index contributed by atoms with van der Waals surface area (Å²) in [4.78, 5) is 17.3. The maximum Gasteiger partial charge on any atom is 0.227 e. The molecule has 4 aliphatic rings. The summed E-state index contributed by atoms with van der Waals surface area (Å²) in [6.45, 7) is 5.13. The SMILES string of the molecule is Cc1ccc(C)c(C2CC3C4NN=C(CCC(=O)N5CCCc6ccccc65)N4C=CN3N2)c1. The predicted molar refractivity (Wildman–Crippen MR) is 134 cm³/mol. The van der Waals surface area contributed by atoms with Crippen LogP contribution in [0.2, 0.25) is 0 Å². The van der Waals surface area contributed by atoms with Crippen molar-refractivity contribution in [2.24, 2.45) is 5.10 Å². The summed E-state index contributed by atoms with van der Waals surface area (Å²) in [5, 5.41) is 6.86. The van der Waals surface area contributed by atoms with E-state index in [1.165, 1.54) is 22.3 Å². The Morgan fingerprint density at radius 2 is 2.03 bits per heavy atom. The molecular weight excluding hydrogens is 424 g/mol. The maximum atomic E-state index is 13.1. The van der Waals surface area contributed by atoms with Gasteiger partial charge in [0.15, 0.2) is 0 Å². The van der Waals surface area contributed by atoms with Gasteiger partial charge in [-0.1, -0.05) is 42.0 Å². The number of fused-ring (bicyclic) bond motifs is 4. The molecule has 2 N–H and O–H groups in total. The van der Waals surface area contributed by atoms with Crippen LogP contribution in [0.4, 0.5) is 5.69 Å². The molecule has 176 valence electrons. The second kappa shape index (κ2) is 8.47. The lowest BCUT2D eigenvalue weighted by atomic mass is 9.95. The van der Waals surface area contributed by atoms with E-state index >= 15 is 0 Å². The fourth-order valence-corrected chi connectivity index (χ4v) is 5.80. The summed E-state index contributed by atoms with van der Waals surface area (Å²) in [7, 11) is 0. The highest BCUT2D eigenvalue weighted by molar-refractivity contribution is 5.97. The Hall–Kier alpha value is -3.32. The number of nitrogens with zero attached hydrogens (tertiary/aromatic N) is 4. The molecule has 0 aliphatic carbocycles. The van der Waals surface area contributed by atoms with Crippen LogP contribution in [0.15, 0.2) is 60.0 Å². The fraction of sp³-hybridized carbons (Fsp3) is 0.407. The zero-order valence-corrected chi connectivity index (χ0v) is 19.9. The number of rotatable bonds is 4. The average Bonchev–Trinajstić information content (AvgIpc) is 3.47. The van der Waals surface area contributed by atoms with Crippen LogP contribution in [-0.4, -0.2) is 40.4 Å². The first-order valence-electron chi connectivity index (χ1n) is 12.4. The molecule has 0 saturated carbocycles. The second-order valence-electron chi connectivity index (χ2n) is 9.84. The van der Waals surface area contributed by atoms with Crippen LogP contribution < -0.4 is 15.8 Å². The molecule has 2 aromatic rings. The van der Waals surface area contributed by atoms with E-state index in [-0.39, 0.29) is 24.2 Å². The standard InChI is InChI=1S/C27H32N6O/c1-18-9-10-19(2)21(16-18)22-17-24-27-29-28-25(32(27)14-15-33(24)30-22)11-12-26(34)31-13-5-7-20-6-3-4-8-23(20)31/h3-4,6,8-10,14-16,22,24,27,29-30H,5,7,11-13,17H2,1-2H3. The molecule has 0 aromatic heterocycles. The predicted octanol–water partition coefficient (Wildman–Crippen LogP) is 3.71. The lowest BCUT2D eigenvalue weighted by Gasteiger charge is -2.37. The Balaban J connectivity index is 1.11. The van der Waals surface area contributed by atoms with Crippen LogP contribution in [0.5, 0.6) is 0 Å². The van der Waals surface area contributed by atoms with Gasteiger partial charge in [0.1, 0.15) is 12.0 Å². The van der Waals surface area contributed by atoms with Gasteiger partial charge in [-0.3, -0.25) is 10.2 Å². The Labute approximate surface area is 201 Å². The Bertz CT molecular complexity index is 1170. The molecule has 3 atom stereocenters. The monoisotopic (exact) mass is 456 g/mol. The van der Waals surface area contributed by atoms with E-state index in [9.17, 15) is 4.79 Å². The number of aryl methyl sites for hydroxylation is 3. The van der Waals surface area contributed by atoms with Crippen molar-refractivity contribution in [1.82, 2.24) is 20.8 Å². The number of carbonyl (C=O) groups excluding carboxylic acids is 1. The Kier molecular flexibility index (Phi) is 5.29. The fourth-order valence-electron chi connectivity index (χ4n) is 5.80. The Morgan fingerprint density at radius 3 is 2.94 bits per heavy atom. The highest BCUT2D eigenvalue weighted by Crippen LogP contribution is 2.36. The number of hydrazine groups is 1. The summed E-state index contributed by atoms with van der Waals surface area (Å²) in [5.74, 6) is 1.12. The molecular formula is C27H32N6O. The first-order valence-corrected chi connectivity index (χ1v) is 12.4. The third kappa shape index (κ3) is 3.64. The van der Waals surface area contributed by atoms with Crippen LogP contribution in [0.1, 0.15) is 54.0 Å². The highest BCUT2D eigenvalue weighted by atomic mass is 16.2. The van der Waals surface area contributed by atoms with Gasteiger partial charge in [-0.15, -0.1) is 0 Å². The van der Waals surface area contributed by atoms with Gasteiger partial charge in [-0.2, -0.15) is 5.10 Å². The largest absolute Gasteiger partial charge is 0.312 e. The molecule has 1 amide bonds. The summed E-state index contributed by atoms with van der Waals surface area (Å²) >= 11 is 0. The van der Waals surface area contributed by atoms with Crippen LogP contribution in [-0.2, 0) is 11.2 Å². The first kappa shape index (κ1) is 21.2. The molecule has 34 heavy (non-hydrogen) atoms. The minimum atomic E-state index is 0.0773. The smallest absolute Gasteiger partial charge is 0.227 e. The van der Waals surface area contributed by atoms with Crippen LogP contribution >= 0.6 is 0 Å². The topological polar surface area (TPSA) is 63.2 Å². The van der Waals surface area contributed by atoms with E-state index < -0.39 is 0 Å². The summed E-state index contributed by atoms with van der Waals surface area (Å²) in [6, 6.07) is 15.5. The minimum absolute atomic E-state index is 0.0773. The molecule has 0 radical (unpaired) electrons. The van der Waals surface area contributed by atoms with Crippen molar-refractivity contribution in [2.75, 3.05) is 11.4 Å². The minimum Gasteiger partial charge on any atom is -0.312 e. The lowest BCUT2D eigenvalue weighted by Crippen LogP contribution is -2.54. The zero-order valence-electron chi connectivity index (χ0n) is 19.9. The lowest BCUT2D eigenvalue weighted by molar-refractivity contribution is -0.118. The molecule has 7 heteroatoms. The van der Waals surface area contributed by atoms with Gasteiger partial charge in [-0.05, 0) is 55.9 Å². The van der Waals surface area contributed by atoms with E-state index in [2.05, 4.69) is 88.5 Å². The number of anilines is 1. The number of para-hydroxylation sites is 1. The van der Waals surface area contributed by atoms with E-state index in [1.807, 2.05) is 11.0 Å². The van der Waals surface area contributed by atoms with Gasteiger partial charge in [0.2, 0.25) is 5.91 Å². The molecule has 3 unspecified atom stereocenters.